The lowest BCUT2D eigenvalue weighted by molar-refractivity contribution is -0.147. The maximum absolute atomic E-state index is 12.0. The van der Waals surface area contributed by atoms with E-state index in [0.29, 0.717) is 17.9 Å². The van der Waals surface area contributed by atoms with E-state index in [9.17, 15) is 14.4 Å². The number of rotatable bonds is 8. The fraction of sp³-hybridized carbons (Fsp3) is 0.526. The topological polar surface area (TPSA) is 81.7 Å². The molecule has 1 N–H and O–H groups in total. The van der Waals surface area contributed by atoms with E-state index in [-0.39, 0.29) is 5.92 Å². The molecule has 0 aromatic heterocycles. The molecule has 138 valence electrons. The Morgan fingerprint density at radius 1 is 1.08 bits per heavy atom. The van der Waals surface area contributed by atoms with Crippen molar-refractivity contribution in [1.82, 2.24) is 5.32 Å². The van der Waals surface area contributed by atoms with E-state index in [1.54, 1.807) is 12.1 Å². The van der Waals surface area contributed by atoms with Crippen LogP contribution in [0.2, 0.25) is 0 Å². The number of methoxy groups -OCH3 is 1. The van der Waals surface area contributed by atoms with Crippen LogP contribution < -0.4 is 5.32 Å². The van der Waals surface area contributed by atoms with Crippen molar-refractivity contribution < 1.29 is 23.9 Å². The quantitative estimate of drug-likeness (QED) is 0.730. The summed E-state index contributed by atoms with van der Waals surface area (Å²) in [5.74, 6) is -1.35. The van der Waals surface area contributed by atoms with Crippen LogP contribution in [0.25, 0.3) is 0 Å². The summed E-state index contributed by atoms with van der Waals surface area (Å²) in [5.41, 5.74) is 1.49. The van der Waals surface area contributed by atoms with Gasteiger partial charge in [0.15, 0.2) is 6.61 Å². The molecular weight excluding hydrogens is 322 g/mol. The number of carbonyl (C=O) groups is 3. The minimum absolute atomic E-state index is 0.0873. The number of carbonyl (C=O) groups excluding carboxylic acids is 3. The molecule has 0 saturated carbocycles. The summed E-state index contributed by atoms with van der Waals surface area (Å²) in [6.45, 7) is 7.42. The van der Waals surface area contributed by atoms with Crippen molar-refractivity contribution in [2.75, 3.05) is 13.7 Å². The zero-order chi connectivity index (χ0) is 19.0. The van der Waals surface area contributed by atoms with Gasteiger partial charge in [-0.05, 0) is 29.5 Å². The maximum atomic E-state index is 12.0. The molecule has 6 nitrogen and oxygen atoms in total. The van der Waals surface area contributed by atoms with Crippen LogP contribution in [0.4, 0.5) is 0 Å². The summed E-state index contributed by atoms with van der Waals surface area (Å²) in [4.78, 5) is 35.7. The van der Waals surface area contributed by atoms with Gasteiger partial charge in [0.1, 0.15) is 6.04 Å². The number of benzene rings is 1. The van der Waals surface area contributed by atoms with Gasteiger partial charge in [0.25, 0.3) is 5.91 Å². The lowest BCUT2D eigenvalue weighted by atomic mass is 9.99. The summed E-state index contributed by atoms with van der Waals surface area (Å²) in [6, 6.07) is 6.30. The lowest BCUT2D eigenvalue weighted by Crippen LogP contribution is -2.47. The Morgan fingerprint density at radius 3 is 2.16 bits per heavy atom. The van der Waals surface area contributed by atoms with Gasteiger partial charge >= 0.3 is 11.9 Å². The average Bonchev–Trinajstić information content (AvgIpc) is 2.62. The van der Waals surface area contributed by atoms with Gasteiger partial charge in [0.05, 0.1) is 12.7 Å². The minimum atomic E-state index is -0.758. The molecular formula is C19H27NO5. The van der Waals surface area contributed by atoms with Gasteiger partial charge in [0.2, 0.25) is 0 Å². The highest BCUT2D eigenvalue weighted by Gasteiger charge is 2.27. The van der Waals surface area contributed by atoms with E-state index in [1.165, 1.54) is 7.11 Å². The fourth-order valence-electron chi connectivity index (χ4n) is 2.23. The van der Waals surface area contributed by atoms with Gasteiger partial charge < -0.3 is 14.8 Å². The largest absolute Gasteiger partial charge is 0.467 e. The second-order valence-electron chi connectivity index (χ2n) is 6.31. The molecule has 1 rings (SSSR count). The van der Waals surface area contributed by atoms with Crippen molar-refractivity contribution in [3.8, 4) is 0 Å². The average molecular weight is 349 g/mol. The molecule has 1 aromatic carbocycles. The van der Waals surface area contributed by atoms with Gasteiger partial charge in [-0.15, -0.1) is 0 Å². The molecule has 0 aliphatic rings. The van der Waals surface area contributed by atoms with Crippen LogP contribution in [-0.2, 0) is 19.1 Å². The standard InChI is InChI=1S/C19H27NO5/c1-6-13(4)17(19(23)24-5)20-16(21)11-25-18(22)15-9-7-14(8-10-15)12(2)3/h7-10,12-13,17H,6,11H2,1-5H3,(H,20,21). The van der Waals surface area contributed by atoms with Crippen LogP contribution in [0.3, 0.4) is 0 Å². The van der Waals surface area contributed by atoms with Gasteiger partial charge in [-0.3, -0.25) is 4.79 Å². The van der Waals surface area contributed by atoms with Gasteiger partial charge in [-0.2, -0.15) is 0 Å². The highest BCUT2D eigenvalue weighted by atomic mass is 16.5. The normalized spacial score (nSPS) is 13.0. The predicted molar refractivity (Wildman–Crippen MR) is 94.2 cm³/mol. The molecule has 0 aliphatic carbocycles. The first-order chi connectivity index (χ1) is 11.8. The summed E-state index contributed by atoms with van der Waals surface area (Å²) in [5, 5.41) is 2.56. The molecule has 0 spiro atoms. The van der Waals surface area contributed by atoms with Crippen LogP contribution in [0.15, 0.2) is 24.3 Å². The number of hydrogen-bond donors (Lipinski definition) is 1. The number of amides is 1. The van der Waals surface area contributed by atoms with Crippen LogP contribution in [0.1, 0.15) is 56.0 Å². The SMILES string of the molecule is CCC(C)C(NC(=O)COC(=O)c1ccc(C(C)C)cc1)C(=O)OC. The summed E-state index contributed by atoms with van der Waals surface area (Å²) < 4.78 is 9.71. The molecule has 1 amide bonds. The fourth-order valence-corrected chi connectivity index (χ4v) is 2.23. The second kappa shape index (κ2) is 9.81. The van der Waals surface area contributed by atoms with E-state index in [2.05, 4.69) is 19.2 Å². The van der Waals surface area contributed by atoms with Gasteiger partial charge in [-0.25, -0.2) is 9.59 Å². The van der Waals surface area contributed by atoms with Crippen LogP contribution in [0.5, 0.6) is 0 Å². The van der Waals surface area contributed by atoms with E-state index in [1.807, 2.05) is 26.0 Å². The van der Waals surface area contributed by atoms with Crippen LogP contribution >= 0.6 is 0 Å². The molecule has 0 aliphatic heterocycles. The Morgan fingerprint density at radius 2 is 1.68 bits per heavy atom. The molecule has 2 atom stereocenters. The van der Waals surface area contributed by atoms with Crippen molar-refractivity contribution in [2.24, 2.45) is 5.92 Å². The first-order valence-electron chi connectivity index (χ1n) is 8.44. The molecule has 0 bridgehead atoms. The molecule has 6 heteroatoms. The van der Waals surface area contributed by atoms with Crippen molar-refractivity contribution in [3.05, 3.63) is 35.4 Å². The Balaban J connectivity index is 2.59. The van der Waals surface area contributed by atoms with Gasteiger partial charge in [0, 0.05) is 0 Å². The zero-order valence-corrected chi connectivity index (χ0v) is 15.5. The first-order valence-corrected chi connectivity index (χ1v) is 8.44. The number of ether oxygens (including phenoxy) is 2. The van der Waals surface area contributed by atoms with Crippen molar-refractivity contribution >= 4 is 17.8 Å². The number of nitrogens with one attached hydrogen (secondary N) is 1. The van der Waals surface area contributed by atoms with Crippen LogP contribution in [-0.4, -0.2) is 37.6 Å². The summed E-state index contributed by atoms with van der Waals surface area (Å²) >= 11 is 0. The van der Waals surface area contributed by atoms with Crippen molar-refractivity contribution in [2.45, 2.75) is 46.1 Å². The third-order valence-electron chi connectivity index (χ3n) is 4.13. The molecule has 1 aromatic rings. The van der Waals surface area contributed by atoms with E-state index in [0.717, 1.165) is 5.56 Å². The molecule has 0 fully saturated rings. The highest BCUT2D eigenvalue weighted by Crippen LogP contribution is 2.15. The number of hydrogen-bond acceptors (Lipinski definition) is 5. The van der Waals surface area contributed by atoms with Crippen LogP contribution in [0, 0.1) is 5.92 Å². The van der Waals surface area contributed by atoms with Crippen molar-refractivity contribution in [3.63, 3.8) is 0 Å². The monoisotopic (exact) mass is 349 g/mol. The number of esters is 2. The smallest absolute Gasteiger partial charge is 0.338 e. The third kappa shape index (κ3) is 6.21. The first kappa shape index (κ1) is 20.7. The lowest BCUT2D eigenvalue weighted by Gasteiger charge is -2.21. The van der Waals surface area contributed by atoms with E-state index < -0.39 is 30.5 Å². The molecule has 2 unspecified atom stereocenters. The molecule has 0 heterocycles. The minimum Gasteiger partial charge on any atom is -0.467 e. The molecule has 25 heavy (non-hydrogen) atoms. The molecule has 0 radical (unpaired) electrons. The summed E-state index contributed by atoms with van der Waals surface area (Å²) in [6.07, 6.45) is 0.696. The summed E-state index contributed by atoms with van der Waals surface area (Å²) in [7, 11) is 1.27. The Labute approximate surface area is 148 Å². The Kier molecular flexibility index (Phi) is 8.11. The second-order valence-corrected chi connectivity index (χ2v) is 6.31. The molecule has 0 saturated heterocycles. The predicted octanol–water partition coefficient (Wildman–Crippen LogP) is 2.67. The van der Waals surface area contributed by atoms with E-state index in [4.69, 9.17) is 9.47 Å². The van der Waals surface area contributed by atoms with Gasteiger partial charge in [-0.1, -0.05) is 46.2 Å². The highest BCUT2D eigenvalue weighted by molar-refractivity contribution is 5.92. The van der Waals surface area contributed by atoms with E-state index >= 15 is 0 Å². The maximum Gasteiger partial charge on any atom is 0.338 e. The Bertz CT molecular complexity index is 594. The third-order valence-corrected chi connectivity index (χ3v) is 4.13. The Hall–Kier alpha value is -2.37. The zero-order valence-electron chi connectivity index (χ0n) is 15.5. The van der Waals surface area contributed by atoms with Crippen molar-refractivity contribution in [1.29, 1.82) is 0 Å².